The van der Waals surface area contributed by atoms with Gasteiger partial charge < -0.3 is 10.1 Å². The summed E-state index contributed by atoms with van der Waals surface area (Å²) in [5, 5.41) is 22.2. The Morgan fingerprint density at radius 3 is 2.73 bits per heavy atom. The number of ether oxygens (including phenoxy) is 1. The van der Waals surface area contributed by atoms with Gasteiger partial charge in [-0.05, 0) is 32.4 Å². The van der Waals surface area contributed by atoms with E-state index in [2.05, 4.69) is 5.32 Å². The van der Waals surface area contributed by atoms with Crippen molar-refractivity contribution in [2.24, 2.45) is 0 Å². The van der Waals surface area contributed by atoms with Crippen LogP contribution in [0.4, 0.5) is 10.5 Å². The molecule has 0 atom stereocenters. The maximum Gasteiger partial charge on any atom is 0.407 e. The fourth-order valence-corrected chi connectivity index (χ4v) is 1.54. The molecule has 0 aliphatic heterocycles. The number of non-ortho nitro benzene ring substituents is 1. The quantitative estimate of drug-likeness (QED) is 0.680. The van der Waals surface area contributed by atoms with Crippen LogP contribution in [0.15, 0.2) is 24.3 Å². The lowest BCUT2D eigenvalue weighted by Crippen LogP contribution is -2.32. The van der Waals surface area contributed by atoms with E-state index in [1.54, 1.807) is 32.9 Å². The van der Waals surface area contributed by atoms with Crippen LogP contribution < -0.4 is 5.32 Å². The van der Waals surface area contributed by atoms with Gasteiger partial charge in [0, 0.05) is 18.7 Å². The Labute approximate surface area is 128 Å². The molecular weight excluding hydrogens is 286 g/mol. The number of nitrogens with one attached hydrogen (secondary N) is 1. The molecule has 0 unspecified atom stereocenters. The number of nitro groups is 1. The number of nitro benzene ring substituents is 1. The first kappa shape index (κ1) is 17.2. The van der Waals surface area contributed by atoms with Crippen molar-refractivity contribution < 1.29 is 14.5 Å². The van der Waals surface area contributed by atoms with Gasteiger partial charge in [-0.2, -0.15) is 5.26 Å². The Balaban J connectivity index is 2.66. The number of hydrogen-bond donors (Lipinski definition) is 1. The maximum absolute atomic E-state index is 11.4. The second kappa shape index (κ2) is 7.22. The van der Waals surface area contributed by atoms with Gasteiger partial charge in [-0.15, -0.1) is 0 Å². The minimum Gasteiger partial charge on any atom is -0.444 e. The van der Waals surface area contributed by atoms with E-state index in [4.69, 9.17) is 10.00 Å². The molecule has 0 fully saturated rings. The molecule has 0 spiro atoms. The largest absolute Gasteiger partial charge is 0.444 e. The van der Waals surface area contributed by atoms with Gasteiger partial charge >= 0.3 is 6.09 Å². The Hall–Kier alpha value is -2.88. The molecular formula is C15H17N3O4. The lowest BCUT2D eigenvalue weighted by atomic mass is 10.1. The Kier molecular flexibility index (Phi) is 5.64. The molecule has 1 amide bonds. The number of nitrogens with zero attached hydrogens (tertiary/aromatic N) is 2. The van der Waals surface area contributed by atoms with E-state index in [1.165, 1.54) is 18.2 Å². The van der Waals surface area contributed by atoms with Gasteiger partial charge in [-0.25, -0.2) is 4.79 Å². The zero-order chi connectivity index (χ0) is 16.8. The molecule has 7 heteroatoms. The number of nitriles is 1. The minimum absolute atomic E-state index is 0.138. The van der Waals surface area contributed by atoms with Gasteiger partial charge in [0.1, 0.15) is 11.7 Å². The van der Waals surface area contributed by atoms with Crippen molar-refractivity contribution >= 4 is 17.9 Å². The maximum atomic E-state index is 11.4. The monoisotopic (exact) mass is 303 g/mol. The average Bonchev–Trinajstić information content (AvgIpc) is 2.41. The van der Waals surface area contributed by atoms with Crippen LogP contribution in [0.5, 0.6) is 0 Å². The van der Waals surface area contributed by atoms with Crippen molar-refractivity contribution in [3.05, 3.63) is 45.5 Å². The van der Waals surface area contributed by atoms with E-state index in [-0.39, 0.29) is 17.8 Å². The molecule has 0 saturated carbocycles. The summed E-state index contributed by atoms with van der Waals surface area (Å²) in [7, 11) is 0. The van der Waals surface area contributed by atoms with Gasteiger partial charge in [0.15, 0.2) is 0 Å². The summed E-state index contributed by atoms with van der Waals surface area (Å²) >= 11 is 0. The lowest BCUT2D eigenvalue weighted by molar-refractivity contribution is -0.384. The van der Waals surface area contributed by atoms with Crippen molar-refractivity contribution in [2.75, 3.05) is 6.54 Å². The highest BCUT2D eigenvalue weighted by Gasteiger charge is 2.15. The number of rotatable bonds is 4. The first-order valence-electron chi connectivity index (χ1n) is 6.55. The van der Waals surface area contributed by atoms with E-state index in [0.29, 0.717) is 5.56 Å². The van der Waals surface area contributed by atoms with Gasteiger partial charge in [0.05, 0.1) is 10.5 Å². The minimum atomic E-state index is -0.569. The predicted octanol–water partition coefficient (Wildman–Crippen LogP) is 3.00. The summed E-state index contributed by atoms with van der Waals surface area (Å²) in [4.78, 5) is 21.5. The van der Waals surface area contributed by atoms with E-state index in [1.807, 2.05) is 6.07 Å². The summed E-state index contributed by atoms with van der Waals surface area (Å²) in [6.07, 6.45) is 2.70. The molecule has 0 radical (unpaired) electrons. The molecule has 1 aromatic carbocycles. The van der Waals surface area contributed by atoms with Crippen LogP contribution >= 0.6 is 0 Å². The normalized spacial score (nSPS) is 11.0. The predicted molar refractivity (Wildman–Crippen MR) is 81.1 cm³/mol. The molecule has 0 heterocycles. The van der Waals surface area contributed by atoms with Crippen LogP contribution in [0.2, 0.25) is 0 Å². The summed E-state index contributed by atoms with van der Waals surface area (Å²) < 4.78 is 5.07. The van der Waals surface area contributed by atoms with Gasteiger partial charge in [0.2, 0.25) is 0 Å². The number of benzene rings is 1. The molecule has 1 aromatic rings. The number of carbonyl (C=O) groups is 1. The fraction of sp³-hybridized carbons (Fsp3) is 0.333. The Morgan fingerprint density at radius 2 is 2.18 bits per heavy atom. The third-order valence-corrected chi connectivity index (χ3v) is 2.43. The van der Waals surface area contributed by atoms with Crippen LogP contribution in [0.1, 0.15) is 31.9 Å². The van der Waals surface area contributed by atoms with Crippen molar-refractivity contribution in [1.29, 1.82) is 5.26 Å². The number of carbonyl (C=O) groups excluding carboxylic acids is 1. The number of hydrogen-bond acceptors (Lipinski definition) is 5. The van der Waals surface area contributed by atoms with Gasteiger partial charge in [-0.3, -0.25) is 10.1 Å². The number of amides is 1. The SMILES string of the molecule is CC(C)(C)OC(=O)NCC=Cc1ccc([N+](=O)[O-])cc1C#N. The van der Waals surface area contributed by atoms with Crippen molar-refractivity contribution in [3.63, 3.8) is 0 Å². The average molecular weight is 303 g/mol. The number of alkyl carbamates (subject to hydrolysis) is 1. The summed E-state index contributed by atoms with van der Waals surface area (Å²) in [5.74, 6) is 0. The molecule has 0 aliphatic rings. The molecule has 22 heavy (non-hydrogen) atoms. The summed E-state index contributed by atoms with van der Waals surface area (Å²) in [6.45, 7) is 5.51. The fourth-order valence-electron chi connectivity index (χ4n) is 1.54. The third-order valence-electron chi connectivity index (χ3n) is 2.43. The third kappa shape index (κ3) is 5.63. The second-order valence-electron chi connectivity index (χ2n) is 5.43. The molecule has 0 aliphatic carbocycles. The van der Waals surface area contributed by atoms with E-state index < -0.39 is 16.6 Å². The van der Waals surface area contributed by atoms with Crippen molar-refractivity contribution in [1.82, 2.24) is 5.32 Å². The Morgan fingerprint density at radius 1 is 1.50 bits per heavy atom. The van der Waals surface area contributed by atoms with Crippen LogP contribution in [-0.2, 0) is 4.74 Å². The van der Waals surface area contributed by atoms with E-state index >= 15 is 0 Å². The zero-order valence-corrected chi connectivity index (χ0v) is 12.6. The summed E-state index contributed by atoms with van der Waals surface area (Å²) in [6, 6.07) is 5.92. The van der Waals surface area contributed by atoms with Gasteiger partial charge in [-0.1, -0.05) is 12.2 Å². The highest BCUT2D eigenvalue weighted by atomic mass is 16.6. The standard InChI is InChI=1S/C15H17N3O4/c1-15(2,3)22-14(19)17-8-4-5-11-6-7-13(18(20)21)9-12(11)10-16/h4-7,9H,8H2,1-3H3,(H,17,19). The van der Waals surface area contributed by atoms with Gasteiger partial charge in [0.25, 0.3) is 5.69 Å². The molecule has 0 saturated heterocycles. The smallest absolute Gasteiger partial charge is 0.407 e. The Bertz CT molecular complexity index is 639. The molecule has 1 rings (SSSR count). The second-order valence-corrected chi connectivity index (χ2v) is 5.43. The first-order valence-corrected chi connectivity index (χ1v) is 6.55. The molecule has 0 bridgehead atoms. The highest BCUT2D eigenvalue weighted by Crippen LogP contribution is 2.18. The van der Waals surface area contributed by atoms with Crippen LogP contribution in [0, 0.1) is 21.4 Å². The van der Waals surface area contributed by atoms with E-state index in [9.17, 15) is 14.9 Å². The zero-order valence-electron chi connectivity index (χ0n) is 12.6. The molecule has 116 valence electrons. The van der Waals surface area contributed by atoms with Crippen molar-refractivity contribution in [3.8, 4) is 6.07 Å². The topological polar surface area (TPSA) is 105 Å². The first-order chi connectivity index (χ1) is 10.2. The molecule has 7 nitrogen and oxygen atoms in total. The van der Waals surface area contributed by atoms with Crippen LogP contribution in [0.3, 0.4) is 0 Å². The lowest BCUT2D eigenvalue weighted by Gasteiger charge is -2.19. The van der Waals surface area contributed by atoms with Crippen molar-refractivity contribution in [2.45, 2.75) is 26.4 Å². The highest BCUT2D eigenvalue weighted by molar-refractivity contribution is 5.68. The van der Waals surface area contributed by atoms with Crippen LogP contribution in [0.25, 0.3) is 6.08 Å². The summed E-state index contributed by atoms with van der Waals surface area (Å²) in [5.41, 5.74) is 0.0301. The molecule has 1 N–H and O–H groups in total. The van der Waals surface area contributed by atoms with E-state index in [0.717, 1.165) is 0 Å². The molecule has 0 aromatic heterocycles. The van der Waals surface area contributed by atoms with Crippen LogP contribution in [-0.4, -0.2) is 23.2 Å².